The van der Waals surface area contributed by atoms with Gasteiger partial charge >= 0.3 is 0 Å². The molecule has 5 heteroatoms. The van der Waals surface area contributed by atoms with Crippen molar-refractivity contribution in [2.75, 3.05) is 40.3 Å². The largest absolute Gasteiger partial charge is 0.308 e. The summed E-state index contributed by atoms with van der Waals surface area (Å²) in [5.41, 5.74) is 0. The summed E-state index contributed by atoms with van der Waals surface area (Å²) in [6, 6.07) is 5.26. The fraction of sp³-hybridized carbons (Fsp3) is 0.733. The second-order valence-electron chi connectivity index (χ2n) is 5.85. The van der Waals surface area contributed by atoms with Gasteiger partial charge in [0.05, 0.1) is 4.34 Å². The van der Waals surface area contributed by atoms with Crippen molar-refractivity contribution in [1.82, 2.24) is 15.1 Å². The molecule has 0 saturated carbocycles. The minimum absolute atomic E-state index is 0.395. The van der Waals surface area contributed by atoms with E-state index in [1.54, 1.807) is 11.3 Å². The molecule has 114 valence electrons. The molecule has 1 aromatic rings. The van der Waals surface area contributed by atoms with Crippen LogP contribution in [0.25, 0.3) is 0 Å². The third-order valence-corrected chi connectivity index (χ3v) is 5.60. The Morgan fingerprint density at radius 3 is 2.65 bits per heavy atom. The smallest absolute Gasteiger partial charge is 0.0931 e. The van der Waals surface area contributed by atoms with Crippen LogP contribution in [0.2, 0.25) is 4.34 Å². The lowest BCUT2D eigenvalue weighted by Gasteiger charge is -2.35. The van der Waals surface area contributed by atoms with Gasteiger partial charge in [-0.3, -0.25) is 0 Å². The van der Waals surface area contributed by atoms with Crippen LogP contribution < -0.4 is 5.32 Å². The number of nitrogens with one attached hydrogen (secondary N) is 1. The monoisotopic (exact) mass is 315 g/mol. The summed E-state index contributed by atoms with van der Waals surface area (Å²) in [6.45, 7) is 6.85. The highest BCUT2D eigenvalue weighted by molar-refractivity contribution is 7.16. The maximum absolute atomic E-state index is 5.98. The topological polar surface area (TPSA) is 18.5 Å². The van der Waals surface area contributed by atoms with Gasteiger partial charge in [0.2, 0.25) is 0 Å². The van der Waals surface area contributed by atoms with Gasteiger partial charge in [-0.05, 0) is 59.1 Å². The molecule has 1 N–H and O–H groups in total. The number of piperidine rings is 1. The number of hydrogen-bond acceptors (Lipinski definition) is 4. The Morgan fingerprint density at radius 1 is 1.40 bits per heavy atom. The molecule has 1 fully saturated rings. The Bertz CT molecular complexity index is 400. The van der Waals surface area contributed by atoms with E-state index in [4.69, 9.17) is 11.6 Å². The van der Waals surface area contributed by atoms with Gasteiger partial charge in [-0.2, -0.15) is 0 Å². The van der Waals surface area contributed by atoms with Gasteiger partial charge < -0.3 is 15.1 Å². The SMILES string of the molecule is CC(NCCN1CCC(N(C)C)CC1)c1ccc(Cl)s1. The first-order valence-electron chi connectivity index (χ1n) is 7.43. The molecule has 0 radical (unpaired) electrons. The Morgan fingerprint density at radius 2 is 2.10 bits per heavy atom. The van der Waals surface area contributed by atoms with Crippen LogP contribution >= 0.6 is 22.9 Å². The molecule has 1 aromatic heterocycles. The summed E-state index contributed by atoms with van der Waals surface area (Å²) in [5, 5.41) is 3.59. The summed E-state index contributed by atoms with van der Waals surface area (Å²) in [7, 11) is 4.38. The number of thiophene rings is 1. The van der Waals surface area contributed by atoms with Crippen molar-refractivity contribution < 1.29 is 0 Å². The van der Waals surface area contributed by atoms with Crippen LogP contribution in [0.15, 0.2) is 12.1 Å². The number of hydrogen-bond donors (Lipinski definition) is 1. The normalized spacial score (nSPS) is 19.6. The van der Waals surface area contributed by atoms with Crippen molar-refractivity contribution in [3.63, 3.8) is 0 Å². The van der Waals surface area contributed by atoms with Gasteiger partial charge in [-0.15, -0.1) is 11.3 Å². The van der Waals surface area contributed by atoms with E-state index in [1.165, 1.54) is 30.8 Å². The third kappa shape index (κ3) is 4.71. The van der Waals surface area contributed by atoms with Crippen molar-refractivity contribution in [3.05, 3.63) is 21.3 Å². The van der Waals surface area contributed by atoms with Crippen molar-refractivity contribution in [2.45, 2.75) is 31.8 Å². The highest BCUT2D eigenvalue weighted by atomic mass is 35.5. The van der Waals surface area contributed by atoms with Gasteiger partial charge in [0.1, 0.15) is 0 Å². The molecule has 0 spiro atoms. The Hall–Kier alpha value is -0.130. The van der Waals surface area contributed by atoms with Crippen LogP contribution in [-0.4, -0.2) is 56.1 Å². The van der Waals surface area contributed by atoms with Crippen LogP contribution in [-0.2, 0) is 0 Å². The fourth-order valence-electron chi connectivity index (χ4n) is 2.76. The van der Waals surface area contributed by atoms with Gasteiger partial charge in [-0.25, -0.2) is 0 Å². The minimum atomic E-state index is 0.395. The molecule has 2 rings (SSSR count). The number of rotatable bonds is 6. The maximum atomic E-state index is 5.98. The van der Waals surface area contributed by atoms with Crippen molar-refractivity contribution in [2.24, 2.45) is 0 Å². The lowest BCUT2D eigenvalue weighted by molar-refractivity contribution is 0.145. The zero-order chi connectivity index (χ0) is 14.5. The molecular weight excluding hydrogens is 290 g/mol. The summed E-state index contributed by atoms with van der Waals surface area (Å²) in [4.78, 5) is 6.25. The van der Waals surface area contributed by atoms with E-state index in [2.05, 4.69) is 42.2 Å². The van der Waals surface area contributed by atoms with Crippen molar-refractivity contribution >= 4 is 22.9 Å². The fourth-order valence-corrected chi connectivity index (χ4v) is 3.85. The third-order valence-electron chi connectivity index (χ3n) is 4.19. The first kappa shape index (κ1) is 16.2. The van der Waals surface area contributed by atoms with E-state index in [9.17, 15) is 0 Å². The molecule has 1 aliphatic rings. The molecular formula is C15H26ClN3S. The summed E-state index contributed by atoms with van der Waals surface area (Å²) in [6.07, 6.45) is 2.59. The quantitative estimate of drug-likeness (QED) is 0.870. The Kier molecular flexibility index (Phi) is 6.30. The molecule has 1 saturated heterocycles. The maximum Gasteiger partial charge on any atom is 0.0931 e. The van der Waals surface area contributed by atoms with E-state index in [1.807, 2.05) is 6.07 Å². The molecule has 0 aliphatic carbocycles. The van der Waals surface area contributed by atoms with E-state index in [0.29, 0.717) is 6.04 Å². The van der Waals surface area contributed by atoms with Crippen LogP contribution in [0.1, 0.15) is 30.7 Å². The first-order chi connectivity index (χ1) is 9.56. The lowest BCUT2D eigenvalue weighted by atomic mass is 10.0. The predicted octanol–water partition coefficient (Wildman–Crippen LogP) is 3.08. The minimum Gasteiger partial charge on any atom is -0.308 e. The van der Waals surface area contributed by atoms with Gasteiger partial charge in [0.15, 0.2) is 0 Å². The summed E-state index contributed by atoms with van der Waals surface area (Å²) < 4.78 is 0.874. The number of nitrogens with zero attached hydrogens (tertiary/aromatic N) is 2. The first-order valence-corrected chi connectivity index (χ1v) is 8.63. The second-order valence-corrected chi connectivity index (χ2v) is 7.60. The molecule has 2 heterocycles. The molecule has 1 aliphatic heterocycles. The van der Waals surface area contributed by atoms with E-state index >= 15 is 0 Å². The van der Waals surface area contributed by atoms with Crippen molar-refractivity contribution in [3.8, 4) is 0 Å². The zero-order valence-electron chi connectivity index (χ0n) is 12.7. The summed E-state index contributed by atoms with van der Waals surface area (Å²) in [5.74, 6) is 0. The van der Waals surface area contributed by atoms with E-state index in [0.717, 1.165) is 23.5 Å². The molecule has 20 heavy (non-hydrogen) atoms. The number of halogens is 1. The van der Waals surface area contributed by atoms with E-state index in [-0.39, 0.29) is 0 Å². The Labute approximate surface area is 131 Å². The lowest BCUT2D eigenvalue weighted by Crippen LogP contribution is -2.44. The van der Waals surface area contributed by atoms with Crippen LogP contribution in [0.5, 0.6) is 0 Å². The van der Waals surface area contributed by atoms with Crippen LogP contribution in [0.4, 0.5) is 0 Å². The molecule has 0 aromatic carbocycles. The molecule has 1 atom stereocenters. The highest BCUT2D eigenvalue weighted by Gasteiger charge is 2.20. The average Bonchev–Trinajstić information content (AvgIpc) is 2.86. The molecule has 0 amide bonds. The van der Waals surface area contributed by atoms with Crippen molar-refractivity contribution in [1.29, 1.82) is 0 Å². The van der Waals surface area contributed by atoms with Gasteiger partial charge in [-0.1, -0.05) is 11.6 Å². The summed E-state index contributed by atoms with van der Waals surface area (Å²) >= 11 is 7.65. The number of likely N-dealkylation sites (tertiary alicyclic amines) is 1. The van der Waals surface area contributed by atoms with Gasteiger partial charge in [0, 0.05) is 30.1 Å². The highest BCUT2D eigenvalue weighted by Crippen LogP contribution is 2.26. The Balaban J connectivity index is 1.64. The van der Waals surface area contributed by atoms with Crippen LogP contribution in [0, 0.1) is 0 Å². The average molecular weight is 316 g/mol. The molecule has 3 nitrogen and oxygen atoms in total. The standard InChI is InChI=1S/C15H26ClN3S/c1-12(14-4-5-15(16)20-14)17-8-11-19-9-6-13(7-10-19)18(2)3/h4-5,12-13,17H,6-11H2,1-3H3. The second kappa shape index (κ2) is 7.76. The molecule has 0 bridgehead atoms. The van der Waals surface area contributed by atoms with E-state index < -0.39 is 0 Å². The van der Waals surface area contributed by atoms with Crippen LogP contribution in [0.3, 0.4) is 0 Å². The van der Waals surface area contributed by atoms with Gasteiger partial charge in [0.25, 0.3) is 0 Å². The molecule has 1 unspecified atom stereocenters. The zero-order valence-corrected chi connectivity index (χ0v) is 14.3. The predicted molar refractivity (Wildman–Crippen MR) is 88.9 cm³/mol.